The van der Waals surface area contributed by atoms with Crippen LogP contribution in [0, 0.1) is 0 Å². The second-order valence-electron chi connectivity index (χ2n) is 2.42. The van der Waals surface area contributed by atoms with E-state index in [4.69, 9.17) is 12.2 Å². The predicted molar refractivity (Wildman–Crippen MR) is 59.3 cm³/mol. The van der Waals surface area contributed by atoms with Crippen LogP contribution in [0.4, 0.5) is 0 Å². The minimum absolute atomic E-state index is 0.0347. The molecule has 68 valence electrons. The summed E-state index contributed by atoms with van der Waals surface area (Å²) < 4.78 is 0.717. The molecule has 0 saturated carbocycles. The van der Waals surface area contributed by atoms with Gasteiger partial charge in [0, 0.05) is 18.0 Å². The first-order chi connectivity index (χ1) is 6.24. The van der Waals surface area contributed by atoms with E-state index in [2.05, 4.69) is 4.98 Å². The molecule has 1 aromatic rings. The molecule has 0 atom stereocenters. The lowest BCUT2D eigenvalue weighted by Gasteiger charge is -1.98. The number of hydrogen-bond acceptors (Lipinski definition) is 4. The van der Waals surface area contributed by atoms with Gasteiger partial charge in [0.2, 0.25) is 0 Å². The molecule has 1 heterocycles. The fourth-order valence-electron chi connectivity index (χ4n) is 0.833. The van der Waals surface area contributed by atoms with E-state index in [1.54, 1.807) is 24.5 Å². The number of hydrogen-bond donors (Lipinski definition) is 0. The van der Waals surface area contributed by atoms with Crippen molar-refractivity contribution in [2.24, 2.45) is 0 Å². The minimum Gasteiger partial charge on any atom is -0.294 e. The highest BCUT2D eigenvalue weighted by Crippen LogP contribution is 2.08. The fraction of sp³-hybridized carbons (Fsp3) is 0.222. The number of aromatic nitrogens is 1. The van der Waals surface area contributed by atoms with Crippen LogP contribution in [0.3, 0.4) is 0 Å². The molecule has 0 fully saturated rings. The molecule has 0 aliphatic carbocycles. The quantitative estimate of drug-likeness (QED) is 0.567. The van der Waals surface area contributed by atoms with Crippen LogP contribution >= 0.6 is 24.0 Å². The summed E-state index contributed by atoms with van der Waals surface area (Å²) in [6.45, 7) is 0. The number of thiocarbonyl (C=S) groups is 1. The third-order valence-electron chi connectivity index (χ3n) is 1.52. The minimum atomic E-state index is 0.0347. The molecule has 0 aliphatic heterocycles. The maximum absolute atomic E-state index is 11.5. The Morgan fingerprint density at radius 2 is 2.46 bits per heavy atom. The zero-order valence-corrected chi connectivity index (χ0v) is 8.82. The van der Waals surface area contributed by atoms with Gasteiger partial charge in [-0.25, -0.2) is 0 Å². The van der Waals surface area contributed by atoms with Crippen LogP contribution in [-0.4, -0.2) is 21.2 Å². The molecule has 0 amide bonds. The zero-order chi connectivity index (χ0) is 9.68. The first-order valence-corrected chi connectivity index (χ1v) is 5.37. The smallest absolute Gasteiger partial charge is 0.170 e. The van der Waals surface area contributed by atoms with Gasteiger partial charge in [0.25, 0.3) is 0 Å². The average molecular weight is 211 g/mol. The Morgan fingerprint density at radius 1 is 1.69 bits per heavy atom. The Bertz CT molecular complexity index is 311. The van der Waals surface area contributed by atoms with Crippen molar-refractivity contribution in [3.8, 4) is 0 Å². The van der Waals surface area contributed by atoms with Gasteiger partial charge in [-0.2, -0.15) is 0 Å². The fourth-order valence-corrected chi connectivity index (χ4v) is 1.24. The van der Waals surface area contributed by atoms with Gasteiger partial charge in [0.15, 0.2) is 5.78 Å². The largest absolute Gasteiger partial charge is 0.294 e. The van der Waals surface area contributed by atoms with Gasteiger partial charge in [0.1, 0.15) is 0 Å². The molecule has 0 unspecified atom stereocenters. The summed E-state index contributed by atoms with van der Waals surface area (Å²) >= 11 is 6.39. The molecule has 0 aliphatic rings. The lowest BCUT2D eigenvalue weighted by molar-refractivity contribution is 0.100. The number of Topliss-reactive ketones (excluding diaryl/α,β-unsaturated/α-hetero) is 1. The van der Waals surface area contributed by atoms with Crippen molar-refractivity contribution in [1.29, 1.82) is 0 Å². The first kappa shape index (κ1) is 10.3. The van der Waals surface area contributed by atoms with E-state index < -0.39 is 0 Å². The summed E-state index contributed by atoms with van der Waals surface area (Å²) in [5.41, 5.74) is 0.624. The Labute approximate surface area is 86.8 Å². The van der Waals surface area contributed by atoms with Crippen molar-refractivity contribution >= 4 is 34.0 Å². The third-order valence-corrected chi connectivity index (χ3v) is 2.76. The van der Waals surface area contributed by atoms with E-state index in [1.807, 2.05) is 6.26 Å². The Morgan fingerprint density at radius 3 is 3.00 bits per heavy atom. The summed E-state index contributed by atoms with van der Waals surface area (Å²) in [6, 6.07) is 3.49. The molecule has 13 heavy (non-hydrogen) atoms. The molecule has 0 saturated heterocycles. The molecule has 0 spiro atoms. The topological polar surface area (TPSA) is 30.0 Å². The molecule has 0 bridgehead atoms. The van der Waals surface area contributed by atoms with Gasteiger partial charge in [-0.3, -0.25) is 9.78 Å². The van der Waals surface area contributed by atoms with Gasteiger partial charge in [-0.1, -0.05) is 12.2 Å². The SMILES string of the molecule is CSC(=S)CC(=O)c1cccnc1. The highest BCUT2D eigenvalue weighted by Gasteiger charge is 2.07. The number of ketones is 1. The van der Waals surface area contributed by atoms with Crippen LogP contribution in [0.2, 0.25) is 0 Å². The second-order valence-corrected chi connectivity index (χ2v) is 4.07. The van der Waals surface area contributed by atoms with Crippen LogP contribution in [0.25, 0.3) is 0 Å². The molecule has 2 nitrogen and oxygen atoms in total. The molecule has 0 radical (unpaired) electrons. The van der Waals surface area contributed by atoms with E-state index >= 15 is 0 Å². The van der Waals surface area contributed by atoms with Crippen molar-refractivity contribution in [3.05, 3.63) is 30.1 Å². The summed E-state index contributed by atoms with van der Waals surface area (Å²) in [6.07, 6.45) is 5.40. The number of nitrogens with zero attached hydrogens (tertiary/aromatic N) is 1. The van der Waals surface area contributed by atoms with Gasteiger partial charge < -0.3 is 0 Å². The molecule has 1 aromatic heterocycles. The standard InChI is InChI=1S/C9H9NOS2/c1-13-9(12)5-8(11)7-3-2-4-10-6-7/h2-4,6H,5H2,1H3. The van der Waals surface area contributed by atoms with Crippen LogP contribution < -0.4 is 0 Å². The van der Waals surface area contributed by atoms with Crippen molar-refractivity contribution < 1.29 is 4.79 Å². The van der Waals surface area contributed by atoms with Crippen LogP contribution in [0.15, 0.2) is 24.5 Å². The molecular weight excluding hydrogens is 202 g/mol. The molecule has 0 N–H and O–H groups in total. The lowest BCUT2D eigenvalue weighted by Crippen LogP contribution is -2.03. The molecular formula is C9H9NOS2. The number of pyridine rings is 1. The Kier molecular flexibility index (Phi) is 4.05. The average Bonchev–Trinajstić information content (AvgIpc) is 2.19. The van der Waals surface area contributed by atoms with Gasteiger partial charge in [-0.15, -0.1) is 11.8 Å². The van der Waals surface area contributed by atoms with Crippen molar-refractivity contribution in [3.63, 3.8) is 0 Å². The van der Waals surface area contributed by atoms with Gasteiger partial charge in [-0.05, 0) is 18.4 Å². The number of carbonyl (C=O) groups is 1. The summed E-state index contributed by atoms with van der Waals surface area (Å²) in [7, 11) is 0. The highest BCUT2D eigenvalue weighted by atomic mass is 32.2. The van der Waals surface area contributed by atoms with E-state index in [0.717, 1.165) is 0 Å². The van der Waals surface area contributed by atoms with E-state index in [1.165, 1.54) is 11.8 Å². The van der Waals surface area contributed by atoms with E-state index in [9.17, 15) is 4.79 Å². The van der Waals surface area contributed by atoms with Gasteiger partial charge >= 0.3 is 0 Å². The summed E-state index contributed by atoms with van der Waals surface area (Å²) in [5, 5.41) is 0. The maximum atomic E-state index is 11.5. The first-order valence-electron chi connectivity index (χ1n) is 3.74. The normalized spacial score (nSPS) is 9.62. The summed E-state index contributed by atoms with van der Waals surface area (Å²) in [5.74, 6) is 0.0347. The highest BCUT2D eigenvalue weighted by molar-refractivity contribution is 8.22. The van der Waals surface area contributed by atoms with Gasteiger partial charge in [0.05, 0.1) is 10.6 Å². The zero-order valence-electron chi connectivity index (χ0n) is 7.19. The number of thioether (sulfide) groups is 1. The number of rotatable bonds is 3. The lowest BCUT2D eigenvalue weighted by atomic mass is 10.1. The summed E-state index contributed by atoms with van der Waals surface area (Å²) in [4.78, 5) is 15.3. The van der Waals surface area contributed by atoms with Crippen LogP contribution in [0.5, 0.6) is 0 Å². The van der Waals surface area contributed by atoms with Crippen molar-refractivity contribution in [2.75, 3.05) is 6.26 Å². The molecule has 1 rings (SSSR count). The molecule has 0 aromatic carbocycles. The maximum Gasteiger partial charge on any atom is 0.170 e. The molecule has 4 heteroatoms. The van der Waals surface area contributed by atoms with E-state index in [0.29, 0.717) is 16.2 Å². The van der Waals surface area contributed by atoms with Crippen molar-refractivity contribution in [2.45, 2.75) is 6.42 Å². The van der Waals surface area contributed by atoms with E-state index in [-0.39, 0.29) is 5.78 Å². The Balaban J connectivity index is 2.65. The number of carbonyl (C=O) groups excluding carboxylic acids is 1. The third kappa shape index (κ3) is 3.24. The van der Waals surface area contributed by atoms with Crippen molar-refractivity contribution in [1.82, 2.24) is 4.98 Å². The monoisotopic (exact) mass is 211 g/mol. The van der Waals surface area contributed by atoms with Crippen LogP contribution in [0.1, 0.15) is 16.8 Å². The second kappa shape index (κ2) is 5.09. The Hall–Kier alpha value is -0.740. The van der Waals surface area contributed by atoms with Crippen LogP contribution in [-0.2, 0) is 0 Å². The predicted octanol–water partition coefficient (Wildman–Crippen LogP) is 2.34.